The van der Waals surface area contributed by atoms with Crippen LogP contribution in [0, 0.1) is 18.8 Å². The number of rotatable bonds is 3. The summed E-state index contributed by atoms with van der Waals surface area (Å²) in [5.41, 5.74) is 0.221. The summed E-state index contributed by atoms with van der Waals surface area (Å²) in [5.74, 6) is -3.32. The van der Waals surface area contributed by atoms with Gasteiger partial charge in [-0.25, -0.2) is 4.79 Å². The van der Waals surface area contributed by atoms with Crippen molar-refractivity contribution in [1.82, 2.24) is 10.2 Å². The summed E-state index contributed by atoms with van der Waals surface area (Å²) >= 11 is 0. The van der Waals surface area contributed by atoms with E-state index in [1.54, 1.807) is 0 Å². The molecule has 1 aromatic carbocycles. The molecule has 2 N–H and O–H groups in total. The largest absolute Gasteiger partial charge is 0.468 e. The van der Waals surface area contributed by atoms with Crippen molar-refractivity contribution in [2.45, 2.75) is 18.5 Å². The van der Waals surface area contributed by atoms with Crippen LogP contribution in [0.4, 0.5) is 0 Å². The van der Waals surface area contributed by atoms with Gasteiger partial charge in [-0.1, -0.05) is 29.8 Å². The molecule has 3 rings (SSSR count). The van der Waals surface area contributed by atoms with Gasteiger partial charge in [-0.15, -0.1) is 0 Å². The van der Waals surface area contributed by atoms with Gasteiger partial charge in [0.1, 0.15) is 0 Å². The summed E-state index contributed by atoms with van der Waals surface area (Å²) < 4.78 is 4.82. The maximum absolute atomic E-state index is 12.6. The number of aliphatic hydroxyl groups is 1. The van der Waals surface area contributed by atoms with Crippen molar-refractivity contribution >= 4 is 17.8 Å². The van der Waals surface area contributed by atoms with Crippen LogP contribution in [0.3, 0.4) is 0 Å². The summed E-state index contributed by atoms with van der Waals surface area (Å²) in [4.78, 5) is 38.6. The van der Waals surface area contributed by atoms with E-state index in [0.717, 1.165) is 16.0 Å². The van der Waals surface area contributed by atoms with Gasteiger partial charge in [0.2, 0.25) is 11.8 Å². The molecule has 0 bridgehead atoms. The van der Waals surface area contributed by atoms with Gasteiger partial charge < -0.3 is 9.84 Å². The standard InChI is InChI=1S/C17H20N2O5/c1-9-4-6-10(7-5-9)13-11-12(15(22)19(2)14(11)21)17(8-20,18-13)16(23)24-3/h4-7,11-13,18,20H,8H2,1-3H3/t11-,12-,13-,17-/m1/s1. The number of benzene rings is 1. The van der Waals surface area contributed by atoms with E-state index < -0.39 is 41.9 Å². The number of aliphatic hydroxyl groups excluding tert-OH is 1. The highest BCUT2D eigenvalue weighted by atomic mass is 16.5. The number of carbonyl (C=O) groups is 3. The predicted molar refractivity (Wildman–Crippen MR) is 83.6 cm³/mol. The number of esters is 1. The molecular formula is C17H20N2O5. The fourth-order valence-electron chi connectivity index (χ4n) is 3.79. The molecule has 0 aliphatic carbocycles. The SMILES string of the molecule is COC(=O)[C@]1(CO)N[C@H](c2ccc(C)cc2)[C@@H]2C(=O)N(C)C(=O)[C@@H]21. The summed E-state index contributed by atoms with van der Waals surface area (Å²) in [5, 5.41) is 12.9. The van der Waals surface area contributed by atoms with Crippen LogP contribution in [-0.4, -0.2) is 54.1 Å². The zero-order valence-electron chi connectivity index (χ0n) is 13.8. The van der Waals surface area contributed by atoms with E-state index in [0.29, 0.717) is 0 Å². The number of likely N-dealkylation sites (tertiary alicyclic amines) is 1. The topological polar surface area (TPSA) is 95.9 Å². The quantitative estimate of drug-likeness (QED) is 0.587. The van der Waals surface area contributed by atoms with Crippen LogP contribution in [0.2, 0.25) is 0 Å². The Morgan fingerprint density at radius 2 is 1.92 bits per heavy atom. The Morgan fingerprint density at radius 1 is 1.29 bits per heavy atom. The number of imide groups is 1. The van der Waals surface area contributed by atoms with Crippen molar-refractivity contribution in [1.29, 1.82) is 0 Å². The predicted octanol–water partition coefficient (Wildman–Crippen LogP) is -0.226. The lowest BCUT2D eigenvalue weighted by Crippen LogP contribution is -2.58. The van der Waals surface area contributed by atoms with Crippen LogP contribution in [0.25, 0.3) is 0 Å². The second-order valence-corrected chi connectivity index (χ2v) is 6.39. The molecule has 4 atom stereocenters. The third-order valence-electron chi connectivity index (χ3n) is 5.11. The van der Waals surface area contributed by atoms with Crippen LogP contribution in [0.15, 0.2) is 24.3 Å². The van der Waals surface area contributed by atoms with E-state index in [2.05, 4.69) is 5.32 Å². The van der Waals surface area contributed by atoms with Crippen LogP contribution in [0.5, 0.6) is 0 Å². The molecule has 2 fully saturated rings. The van der Waals surface area contributed by atoms with Gasteiger partial charge in [0.25, 0.3) is 0 Å². The molecule has 0 unspecified atom stereocenters. The number of methoxy groups -OCH3 is 1. The summed E-state index contributed by atoms with van der Waals surface area (Å²) in [6.45, 7) is 1.31. The van der Waals surface area contributed by atoms with Crippen LogP contribution in [0.1, 0.15) is 17.2 Å². The third kappa shape index (κ3) is 2.08. The van der Waals surface area contributed by atoms with Gasteiger partial charge in [-0.05, 0) is 12.5 Å². The molecule has 0 aromatic heterocycles. The molecule has 2 heterocycles. The number of fused-ring (bicyclic) bond motifs is 1. The first-order chi connectivity index (χ1) is 11.4. The normalized spacial score (nSPS) is 32.2. The fraction of sp³-hybridized carbons (Fsp3) is 0.471. The zero-order chi connectivity index (χ0) is 17.6. The van der Waals surface area contributed by atoms with Crippen molar-refractivity contribution in [3.63, 3.8) is 0 Å². The third-order valence-corrected chi connectivity index (χ3v) is 5.11. The Bertz CT molecular complexity index is 701. The molecule has 2 saturated heterocycles. The maximum atomic E-state index is 12.6. The average Bonchev–Trinajstić information content (AvgIpc) is 3.05. The molecule has 128 valence electrons. The van der Waals surface area contributed by atoms with Crippen molar-refractivity contribution < 1.29 is 24.2 Å². The molecule has 1 aromatic rings. The zero-order valence-corrected chi connectivity index (χ0v) is 13.8. The van der Waals surface area contributed by atoms with Gasteiger partial charge in [0.15, 0.2) is 5.54 Å². The molecule has 24 heavy (non-hydrogen) atoms. The van der Waals surface area contributed by atoms with E-state index in [9.17, 15) is 19.5 Å². The minimum atomic E-state index is -1.62. The number of carbonyl (C=O) groups excluding carboxylic acids is 3. The molecular weight excluding hydrogens is 312 g/mol. The van der Waals surface area contributed by atoms with Crippen LogP contribution in [-0.2, 0) is 19.1 Å². The Hall–Kier alpha value is -2.25. The highest BCUT2D eigenvalue weighted by Gasteiger charge is 2.68. The smallest absolute Gasteiger partial charge is 0.329 e. The first kappa shape index (κ1) is 16.6. The van der Waals surface area contributed by atoms with Gasteiger partial charge in [0.05, 0.1) is 25.6 Å². The van der Waals surface area contributed by atoms with E-state index in [-0.39, 0.29) is 5.91 Å². The molecule has 0 spiro atoms. The van der Waals surface area contributed by atoms with Gasteiger partial charge in [-0.3, -0.25) is 19.8 Å². The minimum absolute atomic E-state index is 0.359. The molecule has 7 heteroatoms. The molecule has 0 radical (unpaired) electrons. The Balaban J connectivity index is 2.12. The first-order valence-electron chi connectivity index (χ1n) is 7.72. The second kappa shape index (κ2) is 5.68. The van der Waals surface area contributed by atoms with Crippen LogP contribution >= 0.6 is 0 Å². The Labute approximate surface area is 139 Å². The fourth-order valence-corrected chi connectivity index (χ4v) is 3.79. The van der Waals surface area contributed by atoms with E-state index in [1.807, 2.05) is 31.2 Å². The molecule has 7 nitrogen and oxygen atoms in total. The van der Waals surface area contributed by atoms with Crippen molar-refractivity contribution in [3.05, 3.63) is 35.4 Å². The first-order valence-corrected chi connectivity index (χ1v) is 7.72. The summed E-state index contributed by atoms with van der Waals surface area (Å²) in [6, 6.07) is 6.95. The Morgan fingerprint density at radius 3 is 2.46 bits per heavy atom. The molecule has 2 aliphatic rings. The van der Waals surface area contributed by atoms with Gasteiger partial charge >= 0.3 is 5.97 Å². The minimum Gasteiger partial charge on any atom is -0.468 e. The summed E-state index contributed by atoms with van der Waals surface area (Å²) in [6.07, 6.45) is 0. The number of amides is 2. The number of hydrogen-bond donors (Lipinski definition) is 2. The van der Waals surface area contributed by atoms with Gasteiger partial charge in [-0.2, -0.15) is 0 Å². The Kier molecular flexibility index (Phi) is 3.93. The average molecular weight is 332 g/mol. The van der Waals surface area contributed by atoms with Gasteiger partial charge in [0, 0.05) is 13.1 Å². The van der Waals surface area contributed by atoms with Crippen LogP contribution < -0.4 is 5.32 Å². The molecule has 2 aliphatic heterocycles. The highest BCUT2D eigenvalue weighted by Crippen LogP contribution is 2.48. The van der Waals surface area contributed by atoms with E-state index in [1.165, 1.54) is 14.2 Å². The lowest BCUT2D eigenvalue weighted by molar-refractivity contribution is -0.156. The lowest BCUT2D eigenvalue weighted by atomic mass is 9.79. The van der Waals surface area contributed by atoms with Crippen molar-refractivity contribution in [2.24, 2.45) is 11.8 Å². The van der Waals surface area contributed by atoms with E-state index >= 15 is 0 Å². The monoisotopic (exact) mass is 332 g/mol. The van der Waals surface area contributed by atoms with E-state index in [4.69, 9.17) is 4.74 Å². The van der Waals surface area contributed by atoms with Crippen molar-refractivity contribution in [2.75, 3.05) is 20.8 Å². The second-order valence-electron chi connectivity index (χ2n) is 6.39. The van der Waals surface area contributed by atoms with Crippen molar-refractivity contribution in [3.8, 4) is 0 Å². The lowest BCUT2D eigenvalue weighted by Gasteiger charge is -2.29. The number of aryl methyl sites for hydroxylation is 1. The molecule has 0 saturated carbocycles. The number of nitrogens with one attached hydrogen (secondary N) is 1. The number of nitrogens with zero attached hydrogens (tertiary/aromatic N) is 1. The number of ether oxygens (including phenoxy) is 1. The maximum Gasteiger partial charge on any atom is 0.329 e. The molecule has 2 amide bonds. The number of hydrogen-bond acceptors (Lipinski definition) is 6. The highest BCUT2D eigenvalue weighted by molar-refractivity contribution is 6.09. The summed E-state index contributed by atoms with van der Waals surface area (Å²) in [7, 11) is 2.59.